The highest BCUT2D eigenvalue weighted by atomic mass is 32.2. The maximum absolute atomic E-state index is 10.7. The van der Waals surface area contributed by atoms with Crippen LogP contribution in [0.1, 0.15) is 32.0 Å². The van der Waals surface area contributed by atoms with Gasteiger partial charge in [0.25, 0.3) is 0 Å². The van der Waals surface area contributed by atoms with E-state index in [1.54, 1.807) is 16.8 Å². The van der Waals surface area contributed by atoms with Gasteiger partial charge in [0.1, 0.15) is 16.5 Å². The Bertz CT molecular complexity index is 671. The normalized spacial score (nSPS) is 12.0. The maximum Gasteiger partial charge on any atom is 0.144 e. The molecular formula is C14H19N3O2S. The molecule has 0 aliphatic carbocycles. The van der Waals surface area contributed by atoms with Gasteiger partial charge >= 0.3 is 0 Å². The van der Waals surface area contributed by atoms with Gasteiger partial charge in [0.05, 0.1) is 17.1 Å². The quantitative estimate of drug-likeness (QED) is 0.847. The Morgan fingerprint density at radius 2 is 1.80 bits per heavy atom. The second-order valence-corrected chi connectivity index (χ2v) is 6.76. The van der Waals surface area contributed by atoms with Crippen LogP contribution in [0.2, 0.25) is 0 Å². The van der Waals surface area contributed by atoms with Crippen LogP contribution >= 0.6 is 0 Å². The molecule has 2 rings (SSSR count). The fourth-order valence-corrected chi connectivity index (χ4v) is 2.37. The Kier molecular flexibility index (Phi) is 3.85. The summed E-state index contributed by atoms with van der Waals surface area (Å²) in [6.45, 7) is 6.23. The molecule has 0 radical (unpaired) electrons. The first kappa shape index (κ1) is 14.6. The zero-order valence-corrected chi connectivity index (χ0v) is 12.7. The molecule has 0 unspecified atom stereocenters. The first-order valence-electron chi connectivity index (χ1n) is 6.34. The molecule has 108 valence electrons. The number of hydrogen-bond donors (Lipinski definition) is 2. The summed E-state index contributed by atoms with van der Waals surface area (Å²) in [7, 11) is -2.41. The van der Waals surface area contributed by atoms with Gasteiger partial charge in [-0.2, -0.15) is 5.10 Å². The summed E-state index contributed by atoms with van der Waals surface area (Å²) in [6.07, 6.45) is 0. The van der Waals surface area contributed by atoms with E-state index in [4.69, 9.17) is 5.73 Å². The molecule has 20 heavy (non-hydrogen) atoms. The van der Waals surface area contributed by atoms with Crippen LogP contribution in [-0.2, 0) is 21.9 Å². The number of aromatic nitrogens is 2. The standard InChI is InChI=1S/C14H19N3O2S/c1-14(2,3)12-8-13(15)17(16-12)11-6-4-10(5-7-11)9-20(18)19/h4-8,20H,9,15H2,1-3H3. The Morgan fingerprint density at radius 1 is 1.20 bits per heavy atom. The Hall–Kier alpha value is -1.82. The van der Waals surface area contributed by atoms with Crippen LogP contribution in [0.4, 0.5) is 5.82 Å². The van der Waals surface area contributed by atoms with E-state index >= 15 is 0 Å². The number of thiol groups is 1. The van der Waals surface area contributed by atoms with Crippen molar-refractivity contribution in [2.45, 2.75) is 31.9 Å². The third kappa shape index (κ3) is 3.19. The number of rotatable bonds is 3. The van der Waals surface area contributed by atoms with Crippen LogP contribution < -0.4 is 5.73 Å². The first-order chi connectivity index (χ1) is 9.27. The number of anilines is 1. The maximum atomic E-state index is 10.7. The van der Waals surface area contributed by atoms with E-state index in [0.717, 1.165) is 16.9 Å². The lowest BCUT2D eigenvalue weighted by Gasteiger charge is -2.14. The van der Waals surface area contributed by atoms with E-state index in [1.165, 1.54) is 0 Å². The van der Waals surface area contributed by atoms with Gasteiger partial charge in [-0.25, -0.2) is 13.1 Å². The third-order valence-electron chi connectivity index (χ3n) is 3.00. The zero-order valence-electron chi connectivity index (χ0n) is 11.8. The number of nitrogens with zero attached hydrogens (tertiary/aromatic N) is 2. The number of nitrogens with two attached hydrogens (primary N) is 1. The molecule has 0 saturated heterocycles. The van der Waals surface area contributed by atoms with Crippen molar-refractivity contribution in [1.82, 2.24) is 9.78 Å². The Labute approximate surface area is 120 Å². The molecule has 0 saturated carbocycles. The second kappa shape index (κ2) is 5.28. The lowest BCUT2D eigenvalue weighted by molar-refractivity contribution is 0.560. The van der Waals surface area contributed by atoms with Crippen LogP contribution in [0.5, 0.6) is 0 Å². The first-order valence-corrected chi connectivity index (χ1v) is 7.71. The van der Waals surface area contributed by atoms with E-state index < -0.39 is 10.7 Å². The molecule has 0 atom stereocenters. The van der Waals surface area contributed by atoms with Gasteiger partial charge in [0.2, 0.25) is 0 Å². The largest absolute Gasteiger partial charge is 0.384 e. The van der Waals surface area contributed by atoms with Crippen molar-refractivity contribution in [2.75, 3.05) is 5.73 Å². The molecule has 6 heteroatoms. The minimum Gasteiger partial charge on any atom is -0.384 e. The smallest absolute Gasteiger partial charge is 0.144 e. The monoisotopic (exact) mass is 293 g/mol. The highest BCUT2D eigenvalue weighted by Crippen LogP contribution is 2.24. The van der Waals surface area contributed by atoms with Gasteiger partial charge in [-0.1, -0.05) is 32.9 Å². The van der Waals surface area contributed by atoms with E-state index in [2.05, 4.69) is 25.9 Å². The highest BCUT2D eigenvalue weighted by Gasteiger charge is 2.19. The SMILES string of the molecule is CC(C)(C)c1cc(N)n(-c2ccc(C[SH](=O)=O)cc2)n1. The molecule has 1 heterocycles. The lowest BCUT2D eigenvalue weighted by atomic mass is 9.92. The van der Waals surface area contributed by atoms with Crippen LogP contribution in [0.3, 0.4) is 0 Å². The Morgan fingerprint density at radius 3 is 2.25 bits per heavy atom. The average molecular weight is 293 g/mol. The summed E-state index contributed by atoms with van der Waals surface area (Å²) in [5.41, 5.74) is 8.42. The summed E-state index contributed by atoms with van der Waals surface area (Å²) in [5, 5.41) is 4.51. The van der Waals surface area contributed by atoms with Crippen LogP contribution in [0, 0.1) is 0 Å². The predicted octanol–water partition coefficient (Wildman–Crippen LogP) is 1.86. The topological polar surface area (TPSA) is 78.0 Å². The molecule has 2 aromatic rings. The molecule has 0 spiro atoms. The van der Waals surface area contributed by atoms with E-state index in [1.807, 2.05) is 18.2 Å². The summed E-state index contributed by atoms with van der Waals surface area (Å²) >= 11 is 0. The van der Waals surface area contributed by atoms with E-state index in [0.29, 0.717) is 5.82 Å². The van der Waals surface area contributed by atoms with Gasteiger partial charge in [-0.15, -0.1) is 0 Å². The third-order valence-corrected chi connectivity index (χ3v) is 3.62. The van der Waals surface area contributed by atoms with Crippen molar-refractivity contribution in [3.05, 3.63) is 41.6 Å². The molecule has 0 fully saturated rings. The molecule has 1 aromatic carbocycles. The summed E-state index contributed by atoms with van der Waals surface area (Å²) in [5.74, 6) is 0.620. The fourth-order valence-electron chi connectivity index (χ4n) is 1.86. The molecule has 0 bridgehead atoms. The minimum atomic E-state index is -2.41. The van der Waals surface area contributed by atoms with Gasteiger partial charge in [-0.05, 0) is 17.7 Å². The molecule has 0 amide bonds. The molecule has 1 aromatic heterocycles. The van der Waals surface area contributed by atoms with Crippen LogP contribution in [-0.4, -0.2) is 18.2 Å². The van der Waals surface area contributed by atoms with Crippen LogP contribution in [0.15, 0.2) is 30.3 Å². The number of benzene rings is 1. The second-order valence-electron chi connectivity index (χ2n) is 5.77. The summed E-state index contributed by atoms with van der Waals surface area (Å²) in [6, 6.07) is 9.06. The van der Waals surface area contributed by atoms with Crippen molar-refractivity contribution in [3.63, 3.8) is 0 Å². The minimum absolute atomic E-state index is 0.0530. The van der Waals surface area contributed by atoms with Crippen molar-refractivity contribution in [3.8, 4) is 5.69 Å². The summed E-state index contributed by atoms with van der Waals surface area (Å²) in [4.78, 5) is 0. The van der Waals surface area contributed by atoms with Crippen molar-refractivity contribution < 1.29 is 8.42 Å². The highest BCUT2D eigenvalue weighted by molar-refractivity contribution is 7.71. The van der Waals surface area contributed by atoms with Gasteiger partial charge in [0, 0.05) is 11.5 Å². The molecule has 5 nitrogen and oxygen atoms in total. The lowest BCUT2D eigenvalue weighted by Crippen LogP contribution is -2.12. The molecule has 2 N–H and O–H groups in total. The average Bonchev–Trinajstić information content (AvgIpc) is 2.71. The molecule has 0 aliphatic rings. The molecule has 0 aliphatic heterocycles. The van der Waals surface area contributed by atoms with E-state index in [9.17, 15) is 8.42 Å². The number of hydrogen-bond acceptors (Lipinski definition) is 4. The molecular weight excluding hydrogens is 274 g/mol. The predicted molar refractivity (Wildman–Crippen MR) is 80.7 cm³/mol. The number of nitrogen functional groups attached to an aromatic ring is 1. The van der Waals surface area contributed by atoms with Gasteiger partial charge in [0.15, 0.2) is 0 Å². The Balaban J connectivity index is 2.34. The van der Waals surface area contributed by atoms with Crippen LogP contribution in [0.25, 0.3) is 5.69 Å². The van der Waals surface area contributed by atoms with E-state index in [-0.39, 0.29) is 11.2 Å². The van der Waals surface area contributed by atoms with Gasteiger partial charge < -0.3 is 5.73 Å². The van der Waals surface area contributed by atoms with Crippen molar-refractivity contribution >= 4 is 16.5 Å². The van der Waals surface area contributed by atoms with Crippen molar-refractivity contribution in [1.29, 1.82) is 0 Å². The zero-order chi connectivity index (χ0) is 14.9. The van der Waals surface area contributed by atoms with Crippen molar-refractivity contribution in [2.24, 2.45) is 0 Å². The fraction of sp³-hybridized carbons (Fsp3) is 0.357. The summed E-state index contributed by atoms with van der Waals surface area (Å²) < 4.78 is 23.1. The van der Waals surface area contributed by atoms with Gasteiger partial charge in [-0.3, -0.25) is 0 Å².